The highest BCUT2D eigenvalue weighted by molar-refractivity contribution is 5.67. The molecular formula is C28H31FN8O2. The van der Waals surface area contributed by atoms with E-state index in [1.165, 1.54) is 6.07 Å². The summed E-state index contributed by atoms with van der Waals surface area (Å²) in [5, 5.41) is 7.91. The Morgan fingerprint density at radius 2 is 1.72 bits per heavy atom. The lowest BCUT2D eigenvalue weighted by Gasteiger charge is -2.30. The highest BCUT2D eigenvalue weighted by atomic mass is 19.1. The summed E-state index contributed by atoms with van der Waals surface area (Å²) in [6.07, 6.45) is 5.67. The number of methoxy groups -OCH3 is 1. The number of benzene rings is 2. The van der Waals surface area contributed by atoms with Gasteiger partial charge in [0.25, 0.3) is 0 Å². The van der Waals surface area contributed by atoms with E-state index in [9.17, 15) is 4.39 Å². The number of morpholine rings is 1. The topological polar surface area (TPSA) is 93.5 Å². The summed E-state index contributed by atoms with van der Waals surface area (Å²) < 4.78 is 27.2. The minimum absolute atomic E-state index is 0.298. The summed E-state index contributed by atoms with van der Waals surface area (Å²) in [5.74, 6) is 0.861. The molecule has 0 bridgehead atoms. The summed E-state index contributed by atoms with van der Waals surface area (Å²) >= 11 is 0. The van der Waals surface area contributed by atoms with Crippen molar-refractivity contribution in [2.75, 3.05) is 61.6 Å². The second-order valence-corrected chi connectivity index (χ2v) is 9.65. The Labute approximate surface area is 226 Å². The van der Waals surface area contributed by atoms with Crippen molar-refractivity contribution < 1.29 is 13.9 Å². The predicted molar refractivity (Wildman–Crippen MR) is 147 cm³/mol. The molecule has 11 heteroatoms. The lowest BCUT2D eigenvalue weighted by Crippen LogP contribution is -2.37. The maximum Gasteiger partial charge on any atom is 0.245 e. The van der Waals surface area contributed by atoms with Crippen LogP contribution in [0, 0.1) is 5.82 Å². The molecule has 0 aliphatic carbocycles. The summed E-state index contributed by atoms with van der Waals surface area (Å²) in [6, 6.07) is 14.6. The van der Waals surface area contributed by atoms with E-state index in [4.69, 9.17) is 9.47 Å². The molecule has 2 aliphatic rings. The zero-order valence-electron chi connectivity index (χ0n) is 21.8. The van der Waals surface area contributed by atoms with Crippen LogP contribution in [0.1, 0.15) is 12.8 Å². The molecule has 2 aliphatic heterocycles. The van der Waals surface area contributed by atoms with Crippen LogP contribution in [0.15, 0.2) is 61.1 Å². The van der Waals surface area contributed by atoms with Crippen molar-refractivity contribution in [3.05, 3.63) is 66.9 Å². The smallest absolute Gasteiger partial charge is 0.245 e. The van der Waals surface area contributed by atoms with Gasteiger partial charge in [0.1, 0.15) is 12.1 Å². The maximum atomic E-state index is 14.5. The summed E-state index contributed by atoms with van der Waals surface area (Å²) in [6.45, 7) is 4.51. The van der Waals surface area contributed by atoms with Gasteiger partial charge in [0.15, 0.2) is 0 Å². The van der Waals surface area contributed by atoms with Crippen molar-refractivity contribution >= 4 is 23.3 Å². The monoisotopic (exact) mass is 530 g/mol. The van der Waals surface area contributed by atoms with Gasteiger partial charge in [-0.3, -0.25) is 0 Å². The fraction of sp³-hybridized carbons (Fsp3) is 0.357. The predicted octanol–water partition coefficient (Wildman–Crippen LogP) is 4.06. The maximum absolute atomic E-state index is 14.5. The number of nitrogens with zero attached hydrogens (tertiary/aromatic N) is 7. The molecule has 2 aromatic heterocycles. The van der Waals surface area contributed by atoms with E-state index in [-0.39, 0.29) is 5.82 Å². The molecule has 0 saturated carbocycles. The van der Waals surface area contributed by atoms with Gasteiger partial charge in [0.2, 0.25) is 11.9 Å². The minimum Gasteiger partial charge on any atom is -0.381 e. The van der Waals surface area contributed by atoms with Crippen molar-refractivity contribution in [3.63, 3.8) is 0 Å². The van der Waals surface area contributed by atoms with Crippen molar-refractivity contribution in [2.45, 2.75) is 18.9 Å². The van der Waals surface area contributed by atoms with Crippen LogP contribution < -0.4 is 15.1 Å². The molecule has 4 aromatic rings. The fourth-order valence-electron chi connectivity index (χ4n) is 4.95. The Balaban J connectivity index is 1.14. The molecule has 0 unspecified atom stereocenters. The van der Waals surface area contributed by atoms with Crippen molar-refractivity contribution in [1.82, 2.24) is 24.7 Å². The molecule has 4 heterocycles. The molecule has 2 saturated heterocycles. The number of ether oxygens (including phenoxy) is 2. The van der Waals surface area contributed by atoms with Gasteiger partial charge in [0, 0.05) is 56.4 Å². The summed E-state index contributed by atoms with van der Waals surface area (Å²) in [4.78, 5) is 17.8. The van der Waals surface area contributed by atoms with Crippen LogP contribution in [0.3, 0.4) is 0 Å². The quantitative estimate of drug-likeness (QED) is 0.380. The third-order valence-electron chi connectivity index (χ3n) is 7.14. The average Bonchev–Trinajstić information content (AvgIpc) is 3.48. The van der Waals surface area contributed by atoms with Crippen LogP contribution in [-0.2, 0) is 9.47 Å². The largest absolute Gasteiger partial charge is 0.381 e. The Kier molecular flexibility index (Phi) is 7.33. The number of hydrogen-bond donors (Lipinski definition) is 1. The lowest BCUT2D eigenvalue weighted by molar-refractivity contribution is 0.0816. The number of piperidine rings is 1. The van der Waals surface area contributed by atoms with Crippen molar-refractivity contribution in [1.29, 1.82) is 0 Å². The second kappa shape index (κ2) is 11.3. The molecule has 2 aromatic carbocycles. The van der Waals surface area contributed by atoms with Gasteiger partial charge >= 0.3 is 0 Å². The van der Waals surface area contributed by atoms with E-state index < -0.39 is 0 Å². The zero-order chi connectivity index (χ0) is 26.6. The molecule has 0 atom stereocenters. The Hall–Kier alpha value is -4.09. The average molecular weight is 531 g/mol. The second-order valence-electron chi connectivity index (χ2n) is 9.65. The van der Waals surface area contributed by atoms with E-state index in [1.807, 2.05) is 30.3 Å². The van der Waals surface area contributed by atoms with Gasteiger partial charge in [-0.2, -0.15) is 4.98 Å². The Morgan fingerprint density at radius 3 is 2.49 bits per heavy atom. The lowest BCUT2D eigenvalue weighted by atomic mass is 10.1. The number of halogens is 1. The molecule has 10 nitrogen and oxygen atoms in total. The summed E-state index contributed by atoms with van der Waals surface area (Å²) in [5.41, 5.74) is 3.89. The molecule has 0 spiro atoms. The van der Waals surface area contributed by atoms with Crippen LogP contribution in [0.25, 0.3) is 16.9 Å². The SMILES string of the molecule is COC1CCN(c2ncn(-c3ccc(Nc4nccc(-c5cc(F)cc(N6CCOCC6)c5)n4)cc3)n2)CC1. The van der Waals surface area contributed by atoms with E-state index in [2.05, 4.69) is 35.2 Å². The third-order valence-corrected chi connectivity index (χ3v) is 7.14. The first-order chi connectivity index (χ1) is 19.1. The molecular weight excluding hydrogens is 499 g/mol. The normalized spacial score (nSPS) is 16.5. The van der Waals surface area contributed by atoms with Crippen LogP contribution in [-0.4, -0.2) is 77.3 Å². The minimum atomic E-state index is -0.298. The molecule has 0 amide bonds. The zero-order valence-corrected chi connectivity index (χ0v) is 21.8. The van der Waals surface area contributed by atoms with Gasteiger partial charge < -0.3 is 24.6 Å². The van der Waals surface area contributed by atoms with Crippen LogP contribution in [0.4, 0.5) is 27.7 Å². The van der Waals surface area contributed by atoms with Crippen molar-refractivity contribution in [2.24, 2.45) is 0 Å². The van der Waals surface area contributed by atoms with Gasteiger partial charge in [-0.05, 0) is 61.4 Å². The molecule has 6 rings (SSSR count). The van der Waals surface area contributed by atoms with Gasteiger partial charge in [0.05, 0.1) is 30.7 Å². The first-order valence-corrected chi connectivity index (χ1v) is 13.2. The van der Waals surface area contributed by atoms with E-state index >= 15 is 0 Å². The number of anilines is 4. The molecule has 202 valence electrons. The standard InChI is InChI=1S/C28H31FN8O2/c1-38-25-7-10-36(11-8-25)28-31-19-37(34-28)23-4-2-22(3-5-23)32-27-30-9-6-26(33-27)20-16-21(29)18-24(17-20)35-12-14-39-15-13-35/h2-6,9,16-19,25H,7-8,10-15H2,1H3,(H,30,32,33). The summed E-state index contributed by atoms with van der Waals surface area (Å²) in [7, 11) is 1.77. The van der Waals surface area contributed by atoms with Crippen LogP contribution in [0.2, 0.25) is 0 Å². The third kappa shape index (κ3) is 5.84. The molecule has 0 radical (unpaired) electrons. The van der Waals surface area contributed by atoms with E-state index in [1.54, 1.807) is 36.4 Å². The first-order valence-electron chi connectivity index (χ1n) is 13.2. The Morgan fingerprint density at radius 1 is 0.923 bits per heavy atom. The molecule has 39 heavy (non-hydrogen) atoms. The first kappa shape index (κ1) is 25.2. The van der Waals surface area contributed by atoms with Gasteiger partial charge in [-0.15, -0.1) is 5.10 Å². The van der Waals surface area contributed by atoms with E-state index in [0.29, 0.717) is 36.5 Å². The van der Waals surface area contributed by atoms with Crippen molar-refractivity contribution in [3.8, 4) is 16.9 Å². The number of nitrogens with one attached hydrogen (secondary N) is 1. The van der Waals surface area contributed by atoms with Crippen LogP contribution in [0.5, 0.6) is 0 Å². The fourth-order valence-corrected chi connectivity index (χ4v) is 4.95. The molecule has 2 fully saturated rings. The van der Waals surface area contributed by atoms with E-state index in [0.717, 1.165) is 62.0 Å². The highest BCUT2D eigenvalue weighted by Gasteiger charge is 2.21. The Bertz CT molecular complexity index is 1400. The van der Waals surface area contributed by atoms with Gasteiger partial charge in [-0.25, -0.2) is 19.0 Å². The highest BCUT2D eigenvalue weighted by Crippen LogP contribution is 2.27. The number of hydrogen-bond acceptors (Lipinski definition) is 9. The van der Waals surface area contributed by atoms with Crippen LogP contribution >= 0.6 is 0 Å². The number of rotatable bonds is 7. The van der Waals surface area contributed by atoms with Gasteiger partial charge in [-0.1, -0.05) is 0 Å². The number of aromatic nitrogens is 5. The molecule has 1 N–H and O–H groups in total.